The summed E-state index contributed by atoms with van der Waals surface area (Å²) in [6, 6.07) is 8.95. The Kier molecular flexibility index (Phi) is 3.32. The van der Waals surface area contributed by atoms with Gasteiger partial charge in [0.2, 0.25) is 5.91 Å². The average Bonchev–Trinajstić information content (AvgIpc) is 2.40. The van der Waals surface area contributed by atoms with Gasteiger partial charge in [0.1, 0.15) is 12.2 Å². The van der Waals surface area contributed by atoms with E-state index in [1.165, 1.54) is 4.90 Å². The Morgan fingerprint density at radius 1 is 1.33 bits per heavy atom. The largest absolute Gasteiger partial charge is 0.345 e. The van der Waals surface area contributed by atoms with Crippen molar-refractivity contribution in [2.45, 2.75) is 12.5 Å². The average molecular weight is 250 g/mol. The summed E-state index contributed by atoms with van der Waals surface area (Å²) in [7, 11) is 0. The molecule has 1 atom stereocenters. The van der Waals surface area contributed by atoms with E-state index in [1.807, 2.05) is 6.07 Å². The molecule has 0 bridgehead atoms. The van der Waals surface area contributed by atoms with Gasteiger partial charge in [-0.2, -0.15) is 0 Å². The van der Waals surface area contributed by atoms with Crippen LogP contribution < -0.4 is 5.32 Å². The summed E-state index contributed by atoms with van der Waals surface area (Å²) >= 11 is 0. The molecule has 18 heavy (non-hydrogen) atoms. The number of halogens is 1. The molecule has 0 saturated carbocycles. The molecule has 0 radical (unpaired) electrons. The minimum absolute atomic E-state index is 0.0682. The third-order valence-electron chi connectivity index (χ3n) is 3.33. The van der Waals surface area contributed by atoms with Crippen LogP contribution in [0.3, 0.4) is 0 Å². The summed E-state index contributed by atoms with van der Waals surface area (Å²) in [6.45, 7) is 0.838. The number of hydrogen-bond donors (Lipinski definition) is 1. The quantitative estimate of drug-likeness (QED) is 0.863. The first kappa shape index (κ1) is 12.5. The summed E-state index contributed by atoms with van der Waals surface area (Å²) < 4.78 is 12.6. The van der Waals surface area contributed by atoms with Crippen LogP contribution in [0.4, 0.5) is 4.39 Å². The molecule has 1 aromatic rings. The maximum atomic E-state index is 12.6. The Morgan fingerprint density at radius 2 is 2.00 bits per heavy atom. The number of piperazine rings is 1. The fourth-order valence-corrected chi connectivity index (χ4v) is 2.28. The van der Waals surface area contributed by atoms with Crippen LogP contribution in [0, 0.1) is 0 Å². The number of nitrogens with one attached hydrogen (secondary N) is 1. The normalized spacial score (nSPS) is 24.0. The molecule has 1 aliphatic heterocycles. The van der Waals surface area contributed by atoms with E-state index in [1.54, 1.807) is 31.2 Å². The van der Waals surface area contributed by atoms with Gasteiger partial charge in [0.25, 0.3) is 5.91 Å². The molecule has 96 valence electrons. The fraction of sp³-hybridized carbons (Fsp3) is 0.385. The van der Waals surface area contributed by atoms with Crippen LogP contribution in [0.25, 0.3) is 0 Å². The zero-order chi connectivity index (χ0) is 13.2. The van der Waals surface area contributed by atoms with Gasteiger partial charge in [0.15, 0.2) is 0 Å². The zero-order valence-corrected chi connectivity index (χ0v) is 10.1. The molecule has 2 rings (SSSR count). The highest BCUT2D eigenvalue weighted by molar-refractivity contribution is 5.98. The summed E-state index contributed by atoms with van der Waals surface area (Å²) in [5, 5.41) is 2.56. The Bertz CT molecular complexity index is 463. The van der Waals surface area contributed by atoms with E-state index in [0.717, 1.165) is 0 Å². The number of rotatable bonds is 3. The summed E-state index contributed by atoms with van der Waals surface area (Å²) in [4.78, 5) is 25.3. The second-order valence-electron chi connectivity index (χ2n) is 4.36. The van der Waals surface area contributed by atoms with E-state index in [4.69, 9.17) is 0 Å². The minimum Gasteiger partial charge on any atom is -0.345 e. The molecule has 0 aromatic heterocycles. The Hall–Kier alpha value is -1.91. The number of alkyl halides is 1. The van der Waals surface area contributed by atoms with Crippen molar-refractivity contribution in [1.29, 1.82) is 0 Å². The van der Waals surface area contributed by atoms with Crippen molar-refractivity contribution in [3.63, 3.8) is 0 Å². The van der Waals surface area contributed by atoms with Crippen molar-refractivity contribution in [2.75, 3.05) is 19.8 Å². The highest BCUT2D eigenvalue weighted by atomic mass is 19.1. The minimum atomic E-state index is -1.14. The van der Waals surface area contributed by atoms with Crippen molar-refractivity contribution in [3.05, 3.63) is 35.9 Å². The van der Waals surface area contributed by atoms with Gasteiger partial charge in [-0.05, 0) is 12.5 Å². The standard InChI is InChI=1S/C13H15FN2O2/c1-13(10-5-3-2-4-6-10)12(18)15-9-11(17)16(13)8-7-14/h2-6H,7-9H2,1H3,(H,15,18). The number of benzene rings is 1. The molecule has 1 N–H and O–H groups in total. The third-order valence-corrected chi connectivity index (χ3v) is 3.33. The lowest BCUT2D eigenvalue weighted by atomic mass is 9.87. The lowest BCUT2D eigenvalue weighted by Gasteiger charge is -2.43. The van der Waals surface area contributed by atoms with Gasteiger partial charge in [0, 0.05) is 0 Å². The van der Waals surface area contributed by atoms with Crippen LogP contribution in [0.15, 0.2) is 30.3 Å². The van der Waals surface area contributed by atoms with E-state index < -0.39 is 12.2 Å². The van der Waals surface area contributed by atoms with E-state index in [-0.39, 0.29) is 24.9 Å². The summed E-state index contributed by atoms with van der Waals surface area (Å²) in [5.74, 6) is -0.541. The predicted molar refractivity (Wildman–Crippen MR) is 64.5 cm³/mol. The molecule has 2 amide bonds. The smallest absolute Gasteiger partial charge is 0.250 e. The molecule has 1 unspecified atom stereocenters. The fourth-order valence-electron chi connectivity index (χ4n) is 2.28. The first-order valence-electron chi connectivity index (χ1n) is 5.81. The van der Waals surface area contributed by atoms with Gasteiger partial charge in [-0.3, -0.25) is 9.59 Å². The van der Waals surface area contributed by atoms with Crippen LogP contribution in [-0.4, -0.2) is 36.5 Å². The summed E-state index contributed by atoms with van der Waals surface area (Å²) in [5.41, 5.74) is -0.452. The number of carbonyl (C=O) groups is 2. The van der Waals surface area contributed by atoms with Crippen molar-refractivity contribution in [3.8, 4) is 0 Å². The van der Waals surface area contributed by atoms with Crippen LogP contribution in [0.5, 0.6) is 0 Å². The second-order valence-corrected chi connectivity index (χ2v) is 4.36. The zero-order valence-electron chi connectivity index (χ0n) is 10.1. The van der Waals surface area contributed by atoms with Crippen molar-refractivity contribution < 1.29 is 14.0 Å². The molecule has 4 nitrogen and oxygen atoms in total. The second kappa shape index (κ2) is 4.76. The Balaban J connectivity index is 2.47. The number of nitrogens with zero attached hydrogens (tertiary/aromatic N) is 1. The maximum absolute atomic E-state index is 12.6. The monoisotopic (exact) mass is 250 g/mol. The highest BCUT2D eigenvalue weighted by Gasteiger charge is 2.46. The first-order chi connectivity index (χ1) is 8.60. The van der Waals surface area contributed by atoms with Crippen molar-refractivity contribution in [1.82, 2.24) is 10.2 Å². The molecule has 1 aliphatic rings. The molecule has 5 heteroatoms. The first-order valence-corrected chi connectivity index (χ1v) is 5.81. The topological polar surface area (TPSA) is 49.4 Å². The SMILES string of the molecule is CC1(c2ccccc2)C(=O)NCC(=O)N1CCF. The molecular weight excluding hydrogens is 235 g/mol. The van der Waals surface area contributed by atoms with Crippen molar-refractivity contribution in [2.24, 2.45) is 0 Å². The van der Waals surface area contributed by atoms with E-state index in [2.05, 4.69) is 5.32 Å². The summed E-state index contributed by atoms with van der Waals surface area (Å²) in [6.07, 6.45) is 0. The predicted octanol–water partition coefficient (Wildman–Crippen LogP) is 0.830. The van der Waals surface area contributed by atoms with Gasteiger partial charge in [0.05, 0.1) is 13.1 Å². The lowest BCUT2D eigenvalue weighted by Crippen LogP contribution is -2.64. The van der Waals surface area contributed by atoms with Crippen LogP contribution in [-0.2, 0) is 15.1 Å². The van der Waals surface area contributed by atoms with Gasteiger partial charge >= 0.3 is 0 Å². The van der Waals surface area contributed by atoms with Gasteiger partial charge < -0.3 is 10.2 Å². The van der Waals surface area contributed by atoms with E-state index in [9.17, 15) is 14.0 Å². The molecular formula is C13H15FN2O2. The van der Waals surface area contributed by atoms with Crippen LogP contribution in [0.2, 0.25) is 0 Å². The molecule has 1 heterocycles. The number of hydrogen-bond acceptors (Lipinski definition) is 2. The Morgan fingerprint density at radius 3 is 2.61 bits per heavy atom. The van der Waals surface area contributed by atoms with E-state index in [0.29, 0.717) is 5.56 Å². The number of amides is 2. The van der Waals surface area contributed by atoms with Crippen LogP contribution in [0.1, 0.15) is 12.5 Å². The molecule has 1 aromatic carbocycles. The third kappa shape index (κ3) is 1.85. The Labute approximate surface area is 105 Å². The lowest BCUT2D eigenvalue weighted by molar-refractivity contribution is -0.153. The van der Waals surface area contributed by atoms with Crippen molar-refractivity contribution >= 4 is 11.8 Å². The molecule has 0 spiro atoms. The van der Waals surface area contributed by atoms with E-state index >= 15 is 0 Å². The number of carbonyl (C=O) groups excluding carboxylic acids is 2. The molecule has 1 saturated heterocycles. The van der Waals surface area contributed by atoms with Crippen LogP contribution >= 0.6 is 0 Å². The van der Waals surface area contributed by atoms with Gasteiger partial charge in [-0.25, -0.2) is 4.39 Å². The molecule has 1 fully saturated rings. The highest BCUT2D eigenvalue weighted by Crippen LogP contribution is 2.30. The molecule has 0 aliphatic carbocycles. The van der Waals surface area contributed by atoms with Gasteiger partial charge in [-0.15, -0.1) is 0 Å². The maximum Gasteiger partial charge on any atom is 0.250 e. The van der Waals surface area contributed by atoms with Gasteiger partial charge in [-0.1, -0.05) is 30.3 Å².